The zero-order valence-electron chi connectivity index (χ0n) is 15.1. The van der Waals surface area contributed by atoms with Gasteiger partial charge >= 0.3 is 0 Å². The highest BCUT2D eigenvalue weighted by Gasteiger charge is 2.16. The second-order valence-corrected chi connectivity index (χ2v) is 6.42. The van der Waals surface area contributed by atoms with Gasteiger partial charge in [-0.15, -0.1) is 0 Å². The van der Waals surface area contributed by atoms with E-state index in [2.05, 4.69) is 49.4 Å². The summed E-state index contributed by atoms with van der Waals surface area (Å²) in [5.74, 6) is 1.83. The Balaban J connectivity index is 1.81. The molecule has 1 heterocycles. The molecule has 0 N–H and O–H groups in total. The molecule has 25 heavy (non-hydrogen) atoms. The molecule has 1 aliphatic rings. The van der Waals surface area contributed by atoms with Gasteiger partial charge in [-0.3, -0.25) is 0 Å². The molecule has 130 valence electrons. The number of rotatable bonds is 7. The third-order valence-electron chi connectivity index (χ3n) is 4.47. The van der Waals surface area contributed by atoms with Crippen molar-refractivity contribution in [3.63, 3.8) is 0 Å². The Morgan fingerprint density at radius 1 is 1.08 bits per heavy atom. The summed E-state index contributed by atoms with van der Waals surface area (Å²) in [4.78, 5) is 0. The first-order valence-electron chi connectivity index (χ1n) is 9.07. The van der Waals surface area contributed by atoms with Crippen molar-refractivity contribution in [3.05, 3.63) is 70.8 Å². The Morgan fingerprint density at radius 2 is 1.92 bits per heavy atom. The number of hydrogen-bond donors (Lipinski definition) is 0. The first kappa shape index (κ1) is 17.3. The lowest BCUT2D eigenvalue weighted by molar-refractivity contribution is 0.344. The topological polar surface area (TPSA) is 18.5 Å². The van der Waals surface area contributed by atoms with Crippen molar-refractivity contribution in [2.24, 2.45) is 0 Å². The minimum absolute atomic E-state index is 0.595. The maximum atomic E-state index is 6.01. The van der Waals surface area contributed by atoms with Crippen LogP contribution in [0.5, 0.6) is 11.5 Å². The van der Waals surface area contributed by atoms with Gasteiger partial charge in [0.1, 0.15) is 18.1 Å². The third kappa shape index (κ3) is 4.54. The molecule has 1 aliphatic heterocycles. The normalized spacial score (nSPS) is 13.3. The Hall–Kier alpha value is -2.48. The molecule has 0 unspecified atom stereocenters. The van der Waals surface area contributed by atoms with Gasteiger partial charge in [0.15, 0.2) is 0 Å². The summed E-state index contributed by atoms with van der Waals surface area (Å²) >= 11 is 0. The summed E-state index contributed by atoms with van der Waals surface area (Å²) in [7, 11) is 1.73. The maximum Gasteiger partial charge on any atom is 0.131 e. The molecule has 0 saturated heterocycles. The average molecular weight is 334 g/mol. The van der Waals surface area contributed by atoms with Crippen LogP contribution in [0.2, 0.25) is 0 Å². The van der Waals surface area contributed by atoms with Crippen molar-refractivity contribution in [2.45, 2.75) is 32.6 Å². The van der Waals surface area contributed by atoms with E-state index in [1.54, 1.807) is 7.11 Å². The number of benzene rings is 2. The molecule has 3 rings (SSSR count). The van der Waals surface area contributed by atoms with Crippen LogP contribution < -0.4 is 9.47 Å². The number of ether oxygens (including phenoxy) is 2. The third-order valence-corrected chi connectivity index (χ3v) is 4.47. The average Bonchev–Trinajstić information content (AvgIpc) is 2.66. The number of methoxy groups -OCH3 is 1. The predicted octanol–water partition coefficient (Wildman–Crippen LogP) is 5.92. The summed E-state index contributed by atoms with van der Waals surface area (Å²) in [5.41, 5.74) is 4.67. The van der Waals surface area contributed by atoms with E-state index >= 15 is 0 Å². The molecular formula is C23H26O2. The minimum Gasteiger partial charge on any atom is -0.496 e. The van der Waals surface area contributed by atoms with Crippen LogP contribution in [0.1, 0.15) is 42.9 Å². The van der Waals surface area contributed by atoms with Crippen LogP contribution in [0.25, 0.3) is 12.2 Å². The molecule has 2 nitrogen and oxygen atoms in total. The fourth-order valence-electron chi connectivity index (χ4n) is 3.06. The molecule has 0 saturated carbocycles. The van der Waals surface area contributed by atoms with E-state index in [-0.39, 0.29) is 0 Å². The summed E-state index contributed by atoms with van der Waals surface area (Å²) < 4.78 is 11.6. The fraction of sp³-hybridized carbons (Fsp3) is 0.304. The van der Waals surface area contributed by atoms with Crippen LogP contribution in [-0.2, 0) is 6.42 Å². The van der Waals surface area contributed by atoms with Crippen molar-refractivity contribution in [1.29, 1.82) is 0 Å². The highest BCUT2D eigenvalue weighted by atomic mass is 16.5. The number of hydrogen-bond acceptors (Lipinski definition) is 2. The van der Waals surface area contributed by atoms with Gasteiger partial charge in [-0.25, -0.2) is 0 Å². The standard InChI is InChI=1S/C23H26O2/c1-3-4-6-11-19-15-22(24-2)21-14-20(17-25-23(21)16-19)13-12-18-9-7-5-8-10-18/h5,7-10,12-16H,3-4,6,11,17H2,1-2H3/b13-12-. The van der Waals surface area contributed by atoms with Gasteiger partial charge < -0.3 is 9.47 Å². The number of fused-ring (bicyclic) bond motifs is 1. The minimum atomic E-state index is 0.595. The molecule has 2 heteroatoms. The first-order chi connectivity index (χ1) is 12.3. The Bertz CT molecular complexity index is 757. The van der Waals surface area contributed by atoms with E-state index in [1.165, 1.54) is 30.4 Å². The number of aryl methyl sites for hydroxylation is 1. The van der Waals surface area contributed by atoms with Crippen LogP contribution in [0.4, 0.5) is 0 Å². The van der Waals surface area contributed by atoms with Crippen LogP contribution in [0.3, 0.4) is 0 Å². The van der Waals surface area contributed by atoms with Crippen LogP contribution in [0, 0.1) is 0 Å². The molecule has 0 atom stereocenters. The second kappa shape index (κ2) is 8.57. The van der Waals surface area contributed by atoms with E-state index in [1.807, 2.05) is 18.2 Å². The fourth-order valence-corrected chi connectivity index (χ4v) is 3.06. The lowest BCUT2D eigenvalue weighted by atomic mass is 10.00. The van der Waals surface area contributed by atoms with Crippen LogP contribution in [-0.4, -0.2) is 13.7 Å². The lowest BCUT2D eigenvalue weighted by Gasteiger charge is -2.20. The van der Waals surface area contributed by atoms with Crippen molar-refractivity contribution < 1.29 is 9.47 Å². The van der Waals surface area contributed by atoms with Gasteiger partial charge in [0.25, 0.3) is 0 Å². The van der Waals surface area contributed by atoms with Crippen molar-refractivity contribution in [1.82, 2.24) is 0 Å². The molecule has 2 aromatic rings. The molecule has 0 fully saturated rings. The maximum absolute atomic E-state index is 6.01. The largest absolute Gasteiger partial charge is 0.496 e. The second-order valence-electron chi connectivity index (χ2n) is 6.42. The molecule has 0 bridgehead atoms. The van der Waals surface area contributed by atoms with Gasteiger partial charge in [0.2, 0.25) is 0 Å². The Kier molecular flexibility index (Phi) is 5.95. The van der Waals surface area contributed by atoms with Gasteiger partial charge in [-0.2, -0.15) is 0 Å². The monoisotopic (exact) mass is 334 g/mol. The van der Waals surface area contributed by atoms with E-state index in [0.717, 1.165) is 29.1 Å². The molecular weight excluding hydrogens is 308 g/mol. The Morgan fingerprint density at radius 3 is 2.68 bits per heavy atom. The van der Waals surface area contributed by atoms with E-state index in [9.17, 15) is 0 Å². The summed E-state index contributed by atoms with van der Waals surface area (Å²) in [6, 6.07) is 14.6. The molecule has 0 spiro atoms. The van der Waals surface area contributed by atoms with Gasteiger partial charge in [-0.05, 0) is 47.8 Å². The highest BCUT2D eigenvalue weighted by Crippen LogP contribution is 2.36. The molecule has 0 amide bonds. The van der Waals surface area contributed by atoms with Crippen molar-refractivity contribution in [2.75, 3.05) is 13.7 Å². The van der Waals surface area contributed by atoms with Gasteiger partial charge in [0.05, 0.1) is 12.7 Å². The molecule has 0 aliphatic carbocycles. The number of unbranched alkanes of at least 4 members (excludes halogenated alkanes) is 2. The summed E-state index contributed by atoms with van der Waals surface area (Å²) in [5, 5.41) is 0. The quantitative estimate of drug-likeness (QED) is 0.585. The van der Waals surface area contributed by atoms with Crippen molar-refractivity contribution in [3.8, 4) is 11.5 Å². The SMILES string of the molecule is CCCCCc1cc(OC)c2c(c1)OCC(/C=C\c1ccccc1)=C2. The van der Waals surface area contributed by atoms with Crippen LogP contribution >= 0.6 is 0 Å². The predicted molar refractivity (Wildman–Crippen MR) is 105 cm³/mol. The highest BCUT2D eigenvalue weighted by molar-refractivity contribution is 5.72. The first-order valence-corrected chi connectivity index (χ1v) is 9.07. The zero-order valence-corrected chi connectivity index (χ0v) is 15.1. The zero-order chi connectivity index (χ0) is 17.5. The molecule has 2 aromatic carbocycles. The smallest absolute Gasteiger partial charge is 0.131 e. The summed E-state index contributed by atoms with van der Waals surface area (Å²) in [6.45, 7) is 2.82. The van der Waals surface area contributed by atoms with E-state index < -0.39 is 0 Å². The van der Waals surface area contributed by atoms with Gasteiger partial charge in [0, 0.05) is 0 Å². The lowest BCUT2D eigenvalue weighted by Crippen LogP contribution is -2.07. The molecule has 0 radical (unpaired) electrons. The van der Waals surface area contributed by atoms with Gasteiger partial charge in [-0.1, -0.05) is 62.2 Å². The summed E-state index contributed by atoms with van der Waals surface area (Å²) in [6.07, 6.45) is 11.2. The van der Waals surface area contributed by atoms with Crippen molar-refractivity contribution >= 4 is 12.2 Å². The molecule has 0 aromatic heterocycles. The van der Waals surface area contributed by atoms with E-state index in [0.29, 0.717) is 6.61 Å². The van der Waals surface area contributed by atoms with Crippen LogP contribution in [0.15, 0.2) is 54.1 Å². The Labute approximate surface area is 150 Å². The van der Waals surface area contributed by atoms with E-state index in [4.69, 9.17) is 9.47 Å².